The van der Waals surface area contributed by atoms with Gasteiger partial charge in [0.2, 0.25) is 0 Å². The Morgan fingerprint density at radius 2 is 1.42 bits per heavy atom. The number of carbonyl (C=O) groups is 3. The lowest BCUT2D eigenvalue weighted by Crippen LogP contribution is -2.47. The van der Waals surface area contributed by atoms with E-state index in [1.54, 1.807) is 48.5 Å². The van der Waals surface area contributed by atoms with Gasteiger partial charge in [-0.2, -0.15) is 5.26 Å². The van der Waals surface area contributed by atoms with Crippen molar-refractivity contribution in [3.05, 3.63) is 107 Å². The maximum atomic E-state index is 13.1. The van der Waals surface area contributed by atoms with Crippen LogP contribution in [0.25, 0.3) is 0 Å². The van der Waals surface area contributed by atoms with Crippen molar-refractivity contribution in [3.63, 3.8) is 0 Å². The van der Waals surface area contributed by atoms with E-state index in [0.717, 1.165) is 10.5 Å². The summed E-state index contributed by atoms with van der Waals surface area (Å²) >= 11 is 0. The molecule has 0 radical (unpaired) electrons. The summed E-state index contributed by atoms with van der Waals surface area (Å²) in [5.74, 6) is -1.67. The molecule has 6 nitrogen and oxygen atoms in total. The summed E-state index contributed by atoms with van der Waals surface area (Å²) in [6.07, 6.45) is 0.151. The lowest BCUT2D eigenvalue weighted by atomic mass is 10.0. The molecule has 6 heteroatoms. The van der Waals surface area contributed by atoms with Gasteiger partial charge in [0.15, 0.2) is 0 Å². The topological polar surface area (TPSA) is 87.5 Å². The molecule has 1 unspecified atom stereocenters. The van der Waals surface area contributed by atoms with Crippen LogP contribution in [0.1, 0.15) is 37.4 Å². The first-order valence-corrected chi connectivity index (χ1v) is 9.75. The second-order valence-electron chi connectivity index (χ2n) is 7.15. The highest BCUT2D eigenvalue weighted by molar-refractivity contribution is 6.22. The monoisotopic (exact) mass is 410 g/mol. The Bertz CT molecular complexity index is 1150. The zero-order valence-corrected chi connectivity index (χ0v) is 16.5. The van der Waals surface area contributed by atoms with Crippen LogP contribution in [0.15, 0.2) is 78.9 Å². The summed E-state index contributed by atoms with van der Waals surface area (Å²) in [6.45, 7) is -0.0288. The number of fused-ring (bicyclic) bond motifs is 1. The number of esters is 1. The third-order valence-corrected chi connectivity index (χ3v) is 5.15. The predicted octanol–water partition coefficient (Wildman–Crippen LogP) is 3.51. The van der Waals surface area contributed by atoms with Crippen LogP contribution in [0.2, 0.25) is 0 Å². The molecule has 1 atom stereocenters. The highest BCUT2D eigenvalue weighted by Crippen LogP contribution is 2.26. The van der Waals surface area contributed by atoms with Gasteiger partial charge in [0.25, 0.3) is 11.8 Å². The van der Waals surface area contributed by atoms with E-state index in [0.29, 0.717) is 11.1 Å². The maximum absolute atomic E-state index is 13.1. The maximum Gasteiger partial charge on any atom is 0.330 e. The number of imide groups is 1. The predicted molar refractivity (Wildman–Crippen MR) is 112 cm³/mol. The lowest BCUT2D eigenvalue weighted by Gasteiger charge is -2.24. The van der Waals surface area contributed by atoms with Gasteiger partial charge in [-0.05, 0) is 35.4 Å². The standard InChI is InChI=1S/C25H18N2O4/c26-15-18-10-12-19(13-11-18)16-31-25(30)22(14-17-6-2-1-3-7-17)27-23(28)20-8-4-5-9-21(20)24(27)29/h1-13,22H,14,16H2. The summed E-state index contributed by atoms with van der Waals surface area (Å²) < 4.78 is 5.48. The van der Waals surface area contributed by atoms with Crippen LogP contribution in [-0.4, -0.2) is 28.7 Å². The van der Waals surface area contributed by atoms with Gasteiger partial charge in [-0.15, -0.1) is 0 Å². The van der Waals surface area contributed by atoms with Gasteiger partial charge < -0.3 is 4.74 Å². The number of hydrogen-bond acceptors (Lipinski definition) is 5. The van der Waals surface area contributed by atoms with Crippen molar-refractivity contribution in [2.75, 3.05) is 0 Å². The second kappa shape index (κ2) is 8.64. The van der Waals surface area contributed by atoms with Crippen molar-refractivity contribution in [3.8, 4) is 6.07 Å². The number of nitriles is 1. The summed E-state index contributed by atoms with van der Waals surface area (Å²) in [5.41, 5.74) is 2.58. The molecule has 0 saturated heterocycles. The van der Waals surface area contributed by atoms with Crippen molar-refractivity contribution in [2.24, 2.45) is 0 Å². The molecule has 0 fully saturated rings. The van der Waals surface area contributed by atoms with Gasteiger partial charge in [-0.25, -0.2) is 4.79 Å². The van der Waals surface area contributed by atoms with Crippen molar-refractivity contribution in [2.45, 2.75) is 19.1 Å². The van der Waals surface area contributed by atoms with E-state index in [2.05, 4.69) is 0 Å². The summed E-state index contributed by atoms with van der Waals surface area (Å²) in [7, 11) is 0. The molecule has 152 valence electrons. The second-order valence-corrected chi connectivity index (χ2v) is 7.15. The Morgan fingerprint density at radius 3 is 2.00 bits per heavy atom. The highest BCUT2D eigenvalue weighted by Gasteiger charge is 2.43. The fraction of sp³-hybridized carbons (Fsp3) is 0.120. The van der Waals surface area contributed by atoms with Crippen molar-refractivity contribution in [1.82, 2.24) is 4.90 Å². The van der Waals surface area contributed by atoms with E-state index < -0.39 is 23.8 Å². The summed E-state index contributed by atoms with van der Waals surface area (Å²) in [5, 5.41) is 8.90. The Morgan fingerprint density at radius 1 is 0.839 bits per heavy atom. The molecule has 0 saturated carbocycles. The molecular weight excluding hydrogens is 392 g/mol. The first kappa shape index (κ1) is 20.0. The molecule has 0 aliphatic carbocycles. The summed E-state index contributed by atoms with van der Waals surface area (Å²) in [4.78, 5) is 40.0. The van der Waals surface area contributed by atoms with E-state index in [1.165, 1.54) is 0 Å². The van der Waals surface area contributed by atoms with Crippen molar-refractivity contribution < 1.29 is 19.1 Å². The van der Waals surface area contributed by atoms with Crippen molar-refractivity contribution in [1.29, 1.82) is 5.26 Å². The SMILES string of the molecule is N#Cc1ccc(COC(=O)C(Cc2ccccc2)N2C(=O)c3ccccc3C2=O)cc1. The molecule has 1 aliphatic heterocycles. The van der Waals surface area contributed by atoms with Crippen LogP contribution in [0.4, 0.5) is 0 Å². The largest absolute Gasteiger partial charge is 0.459 e. The van der Waals surface area contributed by atoms with E-state index in [1.807, 2.05) is 36.4 Å². The number of carbonyl (C=O) groups excluding carboxylic acids is 3. The van der Waals surface area contributed by atoms with E-state index in [9.17, 15) is 14.4 Å². The Hall–Kier alpha value is -4.24. The fourth-order valence-electron chi connectivity index (χ4n) is 3.53. The van der Waals surface area contributed by atoms with Gasteiger partial charge in [0, 0.05) is 6.42 Å². The number of benzene rings is 3. The number of rotatable bonds is 6. The molecule has 0 bridgehead atoms. The first-order valence-electron chi connectivity index (χ1n) is 9.75. The minimum Gasteiger partial charge on any atom is -0.459 e. The number of nitrogens with zero attached hydrogens (tertiary/aromatic N) is 2. The Kier molecular flexibility index (Phi) is 5.59. The quantitative estimate of drug-likeness (QED) is 0.458. The molecule has 0 N–H and O–H groups in total. The Labute approximate surface area is 179 Å². The molecule has 1 aliphatic rings. The van der Waals surface area contributed by atoms with Crippen LogP contribution in [0, 0.1) is 11.3 Å². The average Bonchev–Trinajstić information content (AvgIpc) is 3.07. The van der Waals surface area contributed by atoms with Crippen LogP contribution in [0.3, 0.4) is 0 Å². The average molecular weight is 410 g/mol. The van der Waals surface area contributed by atoms with Gasteiger partial charge >= 0.3 is 5.97 Å². The molecule has 4 rings (SSSR count). The smallest absolute Gasteiger partial charge is 0.330 e. The molecule has 1 heterocycles. The first-order chi connectivity index (χ1) is 15.1. The van der Waals surface area contributed by atoms with E-state index >= 15 is 0 Å². The summed E-state index contributed by atoms with van der Waals surface area (Å²) in [6, 6.07) is 23.3. The normalized spacial score (nSPS) is 13.5. The minimum absolute atomic E-state index is 0.0288. The van der Waals surface area contributed by atoms with Gasteiger partial charge in [-0.3, -0.25) is 14.5 Å². The molecule has 31 heavy (non-hydrogen) atoms. The van der Waals surface area contributed by atoms with Gasteiger partial charge in [0.05, 0.1) is 22.8 Å². The van der Waals surface area contributed by atoms with Gasteiger partial charge in [0.1, 0.15) is 12.6 Å². The lowest BCUT2D eigenvalue weighted by molar-refractivity contribution is -0.149. The molecule has 2 amide bonds. The molecular formula is C25H18N2O4. The van der Waals surface area contributed by atoms with Crippen LogP contribution >= 0.6 is 0 Å². The van der Waals surface area contributed by atoms with Crippen LogP contribution < -0.4 is 0 Å². The third kappa shape index (κ3) is 4.07. The van der Waals surface area contributed by atoms with E-state index in [4.69, 9.17) is 10.00 Å². The highest BCUT2D eigenvalue weighted by atomic mass is 16.5. The minimum atomic E-state index is -1.09. The number of ether oxygens (including phenoxy) is 1. The Balaban J connectivity index is 1.58. The van der Waals surface area contributed by atoms with Gasteiger partial charge in [-0.1, -0.05) is 54.6 Å². The molecule has 3 aromatic carbocycles. The number of amides is 2. The number of hydrogen-bond donors (Lipinski definition) is 0. The van der Waals surface area contributed by atoms with Crippen LogP contribution in [0.5, 0.6) is 0 Å². The van der Waals surface area contributed by atoms with Crippen LogP contribution in [-0.2, 0) is 22.6 Å². The molecule has 0 spiro atoms. The third-order valence-electron chi connectivity index (χ3n) is 5.15. The molecule has 3 aromatic rings. The zero-order valence-electron chi connectivity index (χ0n) is 16.5. The zero-order chi connectivity index (χ0) is 21.8. The fourth-order valence-corrected chi connectivity index (χ4v) is 3.53. The van der Waals surface area contributed by atoms with Crippen molar-refractivity contribution >= 4 is 17.8 Å². The molecule has 0 aromatic heterocycles. The van der Waals surface area contributed by atoms with E-state index in [-0.39, 0.29) is 24.2 Å².